The third-order valence-electron chi connectivity index (χ3n) is 7.69. The van der Waals surface area contributed by atoms with Crippen molar-refractivity contribution in [3.05, 3.63) is 108 Å². The summed E-state index contributed by atoms with van der Waals surface area (Å²) >= 11 is 0. The molecule has 3 aromatic rings. The Morgan fingerprint density at radius 1 is 0.600 bits per heavy atom. The molecule has 0 unspecified atom stereocenters. The third kappa shape index (κ3) is 9.09. The first-order valence-corrected chi connectivity index (χ1v) is 15.7. The van der Waals surface area contributed by atoms with Gasteiger partial charge in [0.2, 0.25) is 0 Å². The molecule has 0 aliphatic carbocycles. The van der Waals surface area contributed by atoms with E-state index in [9.17, 15) is 24.0 Å². The highest BCUT2D eigenvalue weighted by Crippen LogP contribution is 2.33. The summed E-state index contributed by atoms with van der Waals surface area (Å²) in [7, 11) is 1.32. The fourth-order valence-corrected chi connectivity index (χ4v) is 5.44. The molecule has 0 aromatic heterocycles. The Morgan fingerprint density at radius 3 is 1.56 bits per heavy atom. The smallest absolute Gasteiger partial charge is 0.338 e. The molecule has 2 saturated heterocycles. The summed E-state index contributed by atoms with van der Waals surface area (Å²) in [6.07, 6.45) is -10.4. The molecule has 0 bridgehead atoms. The summed E-state index contributed by atoms with van der Waals surface area (Å²) in [5.41, 5.74) is 0.626. The van der Waals surface area contributed by atoms with Crippen molar-refractivity contribution >= 4 is 29.8 Å². The Hall–Kier alpha value is -5.15. The molecule has 8 atom stereocenters. The summed E-state index contributed by atoms with van der Waals surface area (Å²) in [5, 5.41) is 0. The van der Waals surface area contributed by atoms with Crippen molar-refractivity contribution in [1.29, 1.82) is 0 Å². The maximum absolute atomic E-state index is 13.4. The first kappa shape index (κ1) is 36.1. The molecular formula is C36H36O14. The van der Waals surface area contributed by atoms with Gasteiger partial charge < -0.3 is 42.6 Å². The van der Waals surface area contributed by atoms with E-state index in [0.717, 1.165) is 13.8 Å². The van der Waals surface area contributed by atoms with Gasteiger partial charge in [-0.15, -0.1) is 0 Å². The van der Waals surface area contributed by atoms with E-state index in [0.29, 0.717) is 0 Å². The number of benzene rings is 3. The van der Waals surface area contributed by atoms with Crippen molar-refractivity contribution in [1.82, 2.24) is 0 Å². The Morgan fingerprint density at radius 2 is 1.06 bits per heavy atom. The molecule has 2 aliphatic rings. The second-order valence-corrected chi connectivity index (χ2v) is 11.2. The molecule has 14 nitrogen and oxygen atoms in total. The average molecular weight is 693 g/mol. The predicted octanol–water partition coefficient (Wildman–Crippen LogP) is 3.27. The molecule has 0 N–H and O–H groups in total. The van der Waals surface area contributed by atoms with Gasteiger partial charge in [0, 0.05) is 21.0 Å². The topological polar surface area (TPSA) is 168 Å². The molecule has 50 heavy (non-hydrogen) atoms. The van der Waals surface area contributed by atoms with Crippen molar-refractivity contribution in [2.24, 2.45) is 0 Å². The summed E-state index contributed by atoms with van der Waals surface area (Å²) in [5.74, 6) is -3.70. The largest absolute Gasteiger partial charge is 0.459 e. The minimum absolute atomic E-state index is 0.176. The molecule has 0 amide bonds. The average Bonchev–Trinajstić information content (AvgIpc) is 3.43. The fraction of sp³-hybridized carbons (Fsp3) is 0.361. The van der Waals surface area contributed by atoms with Crippen molar-refractivity contribution in [2.75, 3.05) is 20.3 Å². The van der Waals surface area contributed by atoms with Gasteiger partial charge in [0.05, 0.1) is 23.3 Å². The molecule has 0 radical (unpaired) electrons. The van der Waals surface area contributed by atoms with E-state index < -0.39 is 85.7 Å². The Kier molecular flexibility index (Phi) is 12.3. The van der Waals surface area contributed by atoms with Crippen LogP contribution in [0.1, 0.15) is 44.9 Å². The zero-order valence-electron chi connectivity index (χ0n) is 27.4. The van der Waals surface area contributed by atoms with Crippen LogP contribution in [0.25, 0.3) is 0 Å². The lowest BCUT2D eigenvalue weighted by Gasteiger charge is -2.41. The maximum atomic E-state index is 13.4. The van der Waals surface area contributed by atoms with Gasteiger partial charge in [-0.2, -0.15) is 0 Å². The maximum Gasteiger partial charge on any atom is 0.338 e. The van der Waals surface area contributed by atoms with E-state index in [4.69, 9.17) is 42.6 Å². The molecule has 5 rings (SSSR count). The van der Waals surface area contributed by atoms with E-state index in [2.05, 4.69) is 0 Å². The lowest BCUT2D eigenvalue weighted by atomic mass is 10.0. The summed E-state index contributed by atoms with van der Waals surface area (Å²) < 4.78 is 51.8. The van der Waals surface area contributed by atoms with Gasteiger partial charge in [0.1, 0.15) is 18.8 Å². The molecule has 14 heteroatoms. The first-order valence-electron chi connectivity index (χ1n) is 15.7. The zero-order chi connectivity index (χ0) is 35.6. The molecule has 3 aromatic carbocycles. The number of rotatable bonds is 12. The van der Waals surface area contributed by atoms with Crippen LogP contribution in [0.5, 0.6) is 0 Å². The monoisotopic (exact) mass is 692 g/mol. The van der Waals surface area contributed by atoms with Gasteiger partial charge in [-0.25, -0.2) is 14.4 Å². The SMILES string of the molecule is CO[C@H]1OC[C@@H](O[C@H]2O[C@@H](COC(=O)c3ccccc3)[C@@H](OC(=O)c3ccccc3)[C@H]2OC(=O)c2ccccc2)[C@@H](OC(C)=O)[C@H]1OC(C)=O. The number of hydrogen-bond donors (Lipinski definition) is 0. The number of hydrogen-bond acceptors (Lipinski definition) is 14. The highest BCUT2D eigenvalue weighted by atomic mass is 16.8. The molecule has 2 fully saturated rings. The number of carbonyl (C=O) groups is 5. The quantitative estimate of drug-likeness (QED) is 0.200. The lowest BCUT2D eigenvalue weighted by molar-refractivity contribution is -0.302. The van der Waals surface area contributed by atoms with E-state index in [1.165, 1.54) is 31.4 Å². The second-order valence-electron chi connectivity index (χ2n) is 11.2. The Bertz CT molecular complexity index is 1620. The van der Waals surface area contributed by atoms with Crippen LogP contribution >= 0.6 is 0 Å². The number of ether oxygens (including phenoxy) is 9. The Balaban J connectivity index is 1.48. The van der Waals surface area contributed by atoms with Gasteiger partial charge in [0.15, 0.2) is 37.0 Å². The summed E-state index contributed by atoms with van der Waals surface area (Å²) in [6.45, 7) is 1.62. The molecule has 264 valence electrons. The molecule has 0 saturated carbocycles. The van der Waals surface area contributed by atoms with Crippen LogP contribution in [0.2, 0.25) is 0 Å². The van der Waals surface area contributed by atoms with E-state index in [1.54, 1.807) is 66.7 Å². The van der Waals surface area contributed by atoms with Crippen molar-refractivity contribution in [2.45, 2.75) is 63.1 Å². The van der Waals surface area contributed by atoms with E-state index in [1.807, 2.05) is 0 Å². The molecule has 0 spiro atoms. The van der Waals surface area contributed by atoms with Gasteiger partial charge in [-0.3, -0.25) is 9.59 Å². The van der Waals surface area contributed by atoms with Crippen LogP contribution in [0.15, 0.2) is 91.0 Å². The van der Waals surface area contributed by atoms with Crippen molar-refractivity contribution < 1.29 is 66.6 Å². The molecule has 2 heterocycles. The summed E-state index contributed by atoms with van der Waals surface area (Å²) in [4.78, 5) is 63.9. The third-order valence-corrected chi connectivity index (χ3v) is 7.69. The van der Waals surface area contributed by atoms with Crippen LogP contribution in [-0.2, 0) is 52.2 Å². The number of methoxy groups -OCH3 is 1. The highest BCUT2D eigenvalue weighted by Gasteiger charge is 2.54. The number of esters is 5. The van der Waals surface area contributed by atoms with Crippen LogP contribution in [0, 0.1) is 0 Å². The van der Waals surface area contributed by atoms with E-state index in [-0.39, 0.29) is 23.3 Å². The fourth-order valence-electron chi connectivity index (χ4n) is 5.44. The van der Waals surface area contributed by atoms with Crippen LogP contribution in [0.4, 0.5) is 0 Å². The first-order chi connectivity index (χ1) is 24.1. The zero-order valence-corrected chi connectivity index (χ0v) is 27.4. The van der Waals surface area contributed by atoms with Crippen molar-refractivity contribution in [3.63, 3.8) is 0 Å². The van der Waals surface area contributed by atoms with Gasteiger partial charge in [-0.1, -0.05) is 54.6 Å². The Labute approximate surface area is 287 Å². The van der Waals surface area contributed by atoms with Gasteiger partial charge in [0.25, 0.3) is 0 Å². The molecule has 2 aliphatic heterocycles. The lowest BCUT2D eigenvalue weighted by Crippen LogP contribution is -2.58. The normalized spacial score (nSPS) is 25.9. The standard InChI is InChI=1S/C36H36O14/c1-21(37)45-28-27(20-44-35(42-3)30(28)46-22(2)38)48-36-31(50-34(41)25-17-11-6-12-18-25)29(49-33(40)24-15-9-5-10-16-24)26(47-36)19-43-32(39)23-13-7-4-8-14-23/h4-18,26-31,35-36H,19-20H2,1-3H3/t26-,27+,28+,29+,30+,31+,35-,36+/m0/s1. The molecular weight excluding hydrogens is 656 g/mol. The van der Waals surface area contributed by atoms with Gasteiger partial charge >= 0.3 is 29.8 Å². The van der Waals surface area contributed by atoms with Crippen molar-refractivity contribution in [3.8, 4) is 0 Å². The van der Waals surface area contributed by atoms with Crippen LogP contribution < -0.4 is 0 Å². The highest BCUT2D eigenvalue weighted by molar-refractivity contribution is 5.91. The second kappa shape index (κ2) is 17.0. The predicted molar refractivity (Wildman–Crippen MR) is 169 cm³/mol. The van der Waals surface area contributed by atoms with Gasteiger partial charge in [-0.05, 0) is 36.4 Å². The number of carbonyl (C=O) groups excluding carboxylic acids is 5. The summed E-state index contributed by atoms with van der Waals surface area (Å²) in [6, 6.07) is 24.3. The minimum atomic E-state index is -1.51. The van der Waals surface area contributed by atoms with Crippen LogP contribution in [-0.4, -0.2) is 99.4 Å². The van der Waals surface area contributed by atoms with E-state index >= 15 is 0 Å². The van der Waals surface area contributed by atoms with Crippen LogP contribution in [0.3, 0.4) is 0 Å². The minimum Gasteiger partial charge on any atom is -0.459 e.